The van der Waals surface area contributed by atoms with Gasteiger partial charge in [-0.1, -0.05) is 18.6 Å². The van der Waals surface area contributed by atoms with Gasteiger partial charge in [0.1, 0.15) is 12.0 Å². The van der Waals surface area contributed by atoms with E-state index in [4.69, 9.17) is 9.47 Å². The summed E-state index contributed by atoms with van der Waals surface area (Å²) in [6, 6.07) is 7.88. The highest BCUT2D eigenvalue weighted by Crippen LogP contribution is 2.30. The molecule has 2 aliphatic heterocycles. The van der Waals surface area contributed by atoms with Crippen LogP contribution in [0.5, 0.6) is 11.5 Å². The van der Waals surface area contributed by atoms with Gasteiger partial charge in [0.2, 0.25) is 0 Å². The summed E-state index contributed by atoms with van der Waals surface area (Å²) in [5, 5.41) is 5.46. The lowest BCUT2D eigenvalue weighted by molar-refractivity contribution is -0.0462. The molecular weight excluding hydrogens is 284 g/mol. The maximum Gasteiger partial charge on any atom is 0.161 e. The average Bonchev–Trinajstić information content (AvgIpc) is 3.02. The molecule has 0 N–H and O–H groups in total. The van der Waals surface area contributed by atoms with E-state index in [0.29, 0.717) is 12.0 Å². The normalized spacial score (nSPS) is 24.1. The molecule has 116 valence electrons. The van der Waals surface area contributed by atoms with E-state index >= 15 is 0 Å². The summed E-state index contributed by atoms with van der Waals surface area (Å²) < 4.78 is 11.4. The lowest BCUT2D eigenvalue weighted by atomic mass is 10.2. The zero-order chi connectivity index (χ0) is 14.5. The van der Waals surface area contributed by atoms with Crippen LogP contribution in [0.25, 0.3) is 0 Å². The number of ether oxygens (including phenoxy) is 2. The fourth-order valence-corrected chi connectivity index (χ4v) is 4.14. The Morgan fingerprint density at radius 3 is 2.62 bits per heavy atom. The molecule has 0 saturated carbocycles. The van der Waals surface area contributed by atoms with Gasteiger partial charge in [0, 0.05) is 25.4 Å². The predicted octanol–water partition coefficient (Wildman–Crippen LogP) is 2.85. The van der Waals surface area contributed by atoms with Crippen LogP contribution in [0.15, 0.2) is 24.3 Å². The Morgan fingerprint density at radius 2 is 1.86 bits per heavy atom. The van der Waals surface area contributed by atoms with Gasteiger partial charge in [-0.25, -0.2) is 10.0 Å². The highest BCUT2D eigenvalue weighted by molar-refractivity contribution is 8.00. The molecule has 2 fully saturated rings. The first-order valence-corrected chi connectivity index (χ1v) is 8.82. The minimum absolute atomic E-state index is 0.424. The molecule has 21 heavy (non-hydrogen) atoms. The summed E-state index contributed by atoms with van der Waals surface area (Å²) in [6.45, 7) is 4.25. The fourth-order valence-electron chi connectivity index (χ4n) is 3.00. The van der Waals surface area contributed by atoms with Crippen LogP contribution in [0.3, 0.4) is 0 Å². The topological polar surface area (TPSA) is 24.9 Å². The van der Waals surface area contributed by atoms with Crippen LogP contribution < -0.4 is 9.47 Å². The summed E-state index contributed by atoms with van der Waals surface area (Å²) in [7, 11) is 1.69. The Balaban J connectivity index is 1.58. The first-order valence-electron chi connectivity index (χ1n) is 7.77. The largest absolute Gasteiger partial charge is 0.493 e. The van der Waals surface area contributed by atoms with Crippen molar-refractivity contribution in [3.8, 4) is 11.5 Å². The van der Waals surface area contributed by atoms with Gasteiger partial charge in [-0.2, -0.15) is 0 Å². The molecule has 0 radical (unpaired) electrons. The van der Waals surface area contributed by atoms with Gasteiger partial charge < -0.3 is 9.47 Å². The van der Waals surface area contributed by atoms with Crippen molar-refractivity contribution in [3.05, 3.63) is 24.3 Å². The molecule has 0 bridgehead atoms. The molecule has 3 rings (SSSR count). The first-order chi connectivity index (χ1) is 10.4. The van der Waals surface area contributed by atoms with E-state index in [2.05, 4.69) is 10.0 Å². The van der Waals surface area contributed by atoms with Gasteiger partial charge >= 0.3 is 0 Å². The van der Waals surface area contributed by atoms with Crippen LogP contribution in [-0.2, 0) is 0 Å². The van der Waals surface area contributed by atoms with E-state index in [-0.39, 0.29) is 0 Å². The van der Waals surface area contributed by atoms with Crippen LogP contribution in [0.1, 0.15) is 19.3 Å². The summed E-state index contributed by atoms with van der Waals surface area (Å²) in [6.07, 6.45) is 4.02. The van der Waals surface area contributed by atoms with Gasteiger partial charge in [-0.3, -0.25) is 0 Å². The van der Waals surface area contributed by atoms with Gasteiger partial charge in [0.25, 0.3) is 0 Å². The number of piperidine rings is 1. The molecule has 2 saturated heterocycles. The molecule has 1 unspecified atom stereocenters. The lowest BCUT2D eigenvalue weighted by Crippen LogP contribution is -2.49. The van der Waals surface area contributed by atoms with E-state index in [0.717, 1.165) is 18.0 Å². The van der Waals surface area contributed by atoms with Crippen molar-refractivity contribution >= 4 is 11.8 Å². The third kappa shape index (κ3) is 3.65. The van der Waals surface area contributed by atoms with Crippen LogP contribution >= 0.6 is 11.8 Å². The number of hydrogen-bond donors (Lipinski definition) is 0. The minimum atomic E-state index is 0.424. The number of hydrazine groups is 1. The zero-order valence-corrected chi connectivity index (χ0v) is 13.5. The second kappa shape index (κ2) is 7.38. The Kier molecular flexibility index (Phi) is 5.27. The number of benzene rings is 1. The Morgan fingerprint density at radius 1 is 1.10 bits per heavy atom. The second-order valence-electron chi connectivity index (χ2n) is 5.46. The monoisotopic (exact) mass is 308 g/mol. The highest BCUT2D eigenvalue weighted by Gasteiger charge is 2.31. The van der Waals surface area contributed by atoms with Gasteiger partial charge in [-0.15, -0.1) is 11.8 Å². The molecule has 5 heteroatoms. The molecule has 0 amide bonds. The van der Waals surface area contributed by atoms with Crippen molar-refractivity contribution in [2.75, 3.05) is 39.1 Å². The number of para-hydroxylation sites is 2. The van der Waals surface area contributed by atoms with E-state index in [1.165, 1.54) is 38.1 Å². The summed E-state index contributed by atoms with van der Waals surface area (Å²) >= 11 is 2.00. The van der Waals surface area contributed by atoms with E-state index in [1.54, 1.807) is 7.11 Å². The van der Waals surface area contributed by atoms with E-state index in [1.807, 2.05) is 36.0 Å². The number of hydrogen-bond acceptors (Lipinski definition) is 5. The number of methoxy groups -OCH3 is 1. The van der Waals surface area contributed by atoms with Crippen molar-refractivity contribution in [1.82, 2.24) is 10.0 Å². The molecule has 2 heterocycles. The van der Waals surface area contributed by atoms with Crippen LogP contribution in [-0.4, -0.2) is 54.5 Å². The quantitative estimate of drug-likeness (QED) is 0.833. The molecule has 1 aromatic rings. The summed E-state index contributed by atoms with van der Waals surface area (Å²) in [4.78, 5) is 0. The molecular formula is C16H24N2O2S. The van der Waals surface area contributed by atoms with E-state index in [9.17, 15) is 0 Å². The number of rotatable bonds is 5. The molecule has 4 nitrogen and oxygen atoms in total. The zero-order valence-electron chi connectivity index (χ0n) is 12.7. The van der Waals surface area contributed by atoms with Gasteiger partial charge in [0.15, 0.2) is 11.5 Å². The van der Waals surface area contributed by atoms with Gasteiger partial charge in [0.05, 0.1) is 7.11 Å². The molecule has 1 atom stereocenters. The van der Waals surface area contributed by atoms with Crippen molar-refractivity contribution in [2.45, 2.75) is 24.6 Å². The lowest BCUT2D eigenvalue weighted by Gasteiger charge is -2.37. The van der Waals surface area contributed by atoms with Crippen molar-refractivity contribution in [3.63, 3.8) is 0 Å². The Labute approximate surface area is 131 Å². The molecule has 0 aliphatic carbocycles. The summed E-state index contributed by atoms with van der Waals surface area (Å²) in [5.41, 5.74) is 0. The first kappa shape index (κ1) is 15.0. The standard InChI is InChI=1S/C16H24N2O2S/c1-19-14-7-3-4-8-15(14)20-13-16-18(11-12-21-16)17-9-5-2-6-10-17/h3-4,7-8,16H,2,5-6,9-13H2,1H3. The van der Waals surface area contributed by atoms with Crippen LogP contribution in [0.2, 0.25) is 0 Å². The van der Waals surface area contributed by atoms with Gasteiger partial charge in [-0.05, 0) is 25.0 Å². The molecule has 0 spiro atoms. The van der Waals surface area contributed by atoms with Crippen molar-refractivity contribution in [2.24, 2.45) is 0 Å². The average molecular weight is 308 g/mol. The highest BCUT2D eigenvalue weighted by atomic mass is 32.2. The maximum absolute atomic E-state index is 6.02. The smallest absolute Gasteiger partial charge is 0.161 e. The summed E-state index contributed by atoms with van der Waals surface area (Å²) in [5.74, 6) is 2.84. The van der Waals surface area contributed by atoms with E-state index < -0.39 is 0 Å². The third-order valence-electron chi connectivity index (χ3n) is 4.11. The predicted molar refractivity (Wildman–Crippen MR) is 86.9 cm³/mol. The van der Waals surface area contributed by atoms with Crippen LogP contribution in [0, 0.1) is 0 Å². The number of thioether (sulfide) groups is 1. The molecule has 2 aliphatic rings. The Bertz CT molecular complexity index is 452. The SMILES string of the molecule is COc1ccccc1OCC1SCCN1N1CCCCC1. The third-order valence-corrected chi connectivity index (χ3v) is 5.29. The molecule has 1 aromatic carbocycles. The molecule has 0 aromatic heterocycles. The van der Waals surface area contributed by atoms with Crippen molar-refractivity contribution < 1.29 is 9.47 Å². The van der Waals surface area contributed by atoms with Crippen LogP contribution in [0.4, 0.5) is 0 Å². The maximum atomic E-state index is 6.02. The minimum Gasteiger partial charge on any atom is -0.493 e. The Hall–Kier alpha value is -0.910. The number of nitrogens with zero attached hydrogens (tertiary/aromatic N) is 2. The van der Waals surface area contributed by atoms with Crippen molar-refractivity contribution in [1.29, 1.82) is 0 Å². The fraction of sp³-hybridized carbons (Fsp3) is 0.625. The second-order valence-corrected chi connectivity index (χ2v) is 6.75.